The van der Waals surface area contributed by atoms with E-state index in [1.807, 2.05) is 13.0 Å². The number of carbonyl (C=O) groups is 1. The molecular formula is C22H17FN2O3. The Labute approximate surface area is 161 Å². The lowest BCUT2D eigenvalue weighted by atomic mass is 10.2. The van der Waals surface area contributed by atoms with Crippen molar-refractivity contribution in [3.8, 4) is 23.1 Å². The molecule has 2 aromatic carbocycles. The number of anilines is 1. The molecule has 3 aromatic rings. The molecule has 0 radical (unpaired) electrons. The number of nitrogens with zero attached hydrogens (tertiary/aromatic N) is 1. The monoisotopic (exact) mass is 376 g/mol. The molecule has 0 spiro atoms. The van der Waals surface area contributed by atoms with Crippen LogP contribution in [0, 0.1) is 17.1 Å². The van der Waals surface area contributed by atoms with Gasteiger partial charge in [-0.25, -0.2) is 4.39 Å². The van der Waals surface area contributed by atoms with E-state index in [-0.39, 0.29) is 11.4 Å². The lowest BCUT2D eigenvalue weighted by Crippen LogP contribution is -2.13. The summed E-state index contributed by atoms with van der Waals surface area (Å²) in [4.78, 5) is 12.4. The average Bonchev–Trinajstić information content (AvgIpc) is 3.17. The highest BCUT2D eigenvalue weighted by Crippen LogP contribution is 2.24. The molecule has 0 saturated heterocycles. The number of hydrogen-bond acceptors (Lipinski definition) is 4. The third kappa shape index (κ3) is 4.65. The molecular weight excluding hydrogens is 359 g/mol. The van der Waals surface area contributed by atoms with Crippen LogP contribution in [0.3, 0.4) is 0 Å². The van der Waals surface area contributed by atoms with Crippen molar-refractivity contribution in [3.63, 3.8) is 0 Å². The molecule has 28 heavy (non-hydrogen) atoms. The highest BCUT2D eigenvalue weighted by Gasteiger charge is 2.12. The van der Waals surface area contributed by atoms with Gasteiger partial charge in [-0.1, -0.05) is 0 Å². The molecule has 5 nitrogen and oxygen atoms in total. The van der Waals surface area contributed by atoms with Crippen LogP contribution >= 0.6 is 0 Å². The highest BCUT2D eigenvalue weighted by atomic mass is 19.1. The third-order valence-corrected chi connectivity index (χ3v) is 3.83. The Hall–Kier alpha value is -3.85. The molecule has 140 valence electrons. The van der Waals surface area contributed by atoms with Gasteiger partial charge in [-0.2, -0.15) is 5.26 Å². The van der Waals surface area contributed by atoms with E-state index in [9.17, 15) is 14.4 Å². The number of carbonyl (C=O) groups excluding carboxylic acids is 1. The normalized spacial score (nSPS) is 11.0. The summed E-state index contributed by atoms with van der Waals surface area (Å²) < 4.78 is 24.0. The Morgan fingerprint density at radius 3 is 2.50 bits per heavy atom. The highest BCUT2D eigenvalue weighted by molar-refractivity contribution is 6.09. The molecule has 1 aromatic heterocycles. The number of rotatable bonds is 6. The molecule has 0 atom stereocenters. The predicted molar refractivity (Wildman–Crippen MR) is 104 cm³/mol. The van der Waals surface area contributed by atoms with E-state index in [1.165, 1.54) is 18.2 Å². The van der Waals surface area contributed by atoms with Crippen LogP contribution in [0.25, 0.3) is 17.4 Å². The second-order valence-electron chi connectivity index (χ2n) is 5.79. The van der Waals surface area contributed by atoms with Crippen LogP contribution in [0.2, 0.25) is 0 Å². The quantitative estimate of drug-likeness (QED) is 0.484. The molecule has 0 aliphatic rings. The van der Waals surface area contributed by atoms with Crippen molar-refractivity contribution in [2.75, 3.05) is 11.9 Å². The first-order valence-electron chi connectivity index (χ1n) is 8.61. The molecule has 3 rings (SSSR count). The molecule has 0 unspecified atom stereocenters. The van der Waals surface area contributed by atoms with Gasteiger partial charge in [0.25, 0.3) is 5.91 Å². The number of amides is 1. The summed E-state index contributed by atoms with van der Waals surface area (Å²) in [5, 5.41) is 12.0. The molecule has 1 N–H and O–H groups in total. The van der Waals surface area contributed by atoms with Crippen LogP contribution in [0.5, 0.6) is 5.75 Å². The van der Waals surface area contributed by atoms with E-state index < -0.39 is 5.91 Å². The summed E-state index contributed by atoms with van der Waals surface area (Å²) >= 11 is 0. The van der Waals surface area contributed by atoms with Gasteiger partial charge in [0.1, 0.15) is 34.7 Å². The van der Waals surface area contributed by atoms with Crippen LogP contribution in [-0.2, 0) is 4.79 Å². The van der Waals surface area contributed by atoms with Gasteiger partial charge in [0.2, 0.25) is 0 Å². The zero-order chi connectivity index (χ0) is 19.9. The molecule has 1 heterocycles. The molecule has 0 saturated carbocycles. The number of furan rings is 1. The van der Waals surface area contributed by atoms with E-state index in [4.69, 9.17) is 9.15 Å². The van der Waals surface area contributed by atoms with Gasteiger partial charge in [0.05, 0.1) is 6.61 Å². The largest absolute Gasteiger partial charge is 0.494 e. The fourth-order valence-corrected chi connectivity index (χ4v) is 2.49. The van der Waals surface area contributed by atoms with Crippen molar-refractivity contribution in [1.82, 2.24) is 0 Å². The van der Waals surface area contributed by atoms with Gasteiger partial charge in [-0.05, 0) is 67.6 Å². The van der Waals surface area contributed by atoms with E-state index in [2.05, 4.69) is 5.32 Å². The van der Waals surface area contributed by atoms with Crippen molar-refractivity contribution in [2.24, 2.45) is 0 Å². The van der Waals surface area contributed by atoms with Crippen molar-refractivity contribution in [2.45, 2.75) is 6.92 Å². The van der Waals surface area contributed by atoms with E-state index in [0.29, 0.717) is 35.1 Å². The lowest BCUT2D eigenvalue weighted by molar-refractivity contribution is -0.112. The van der Waals surface area contributed by atoms with Crippen LogP contribution in [-0.4, -0.2) is 12.5 Å². The lowest BCUT2D eigenvalue weighted by Gasteiger charge is -2.06. The Bertz CT molecular complexity index is 1030. The second kappa shape index (κ2) is 8.69. The molecule has 0 fully saturated rings. The Morgan fingerprint density at radius 2 is 1.86 bits per heavy atom. The first kappa shape index (κ1) is 18.9. The topological polar surface area (TPSA) is 75.3 Å². The van der Waals surface area contributed by atoms with Gasteiger partial charge < -0.3 is 14.5 Å². The van der Waals surface area contributed by atoms with E-state index in [0.717, 1.165) is 0 Å². The summed E-state index contributed by atoms with van der Waals surface area (Å²) in [6.07, 6.45) is 1.36. The standard InChI is InChI=1S/C22H17FN2O3/c1-2-27-19-9-7-18(8-10-19)25-22(26)16(14-24)13-20-11-12-21(28-20)15-3-5-17(23)6-4-15/h3-13H,2H2,1H3,(H,25,26)/b16-13+. The summed E-state index contributed by atoms with van der Waals surface area (Å²) in [5.74, 6) is 0.660. The minimum absolute atomic E-state index is 0.103. The maximum Gasteiger partial charge on any atom is 0.266 e. The Kier molecular flexibility index (Phi) is 5.87. The summed E-state index contributed by atoms with van der Waals surface area (Å²) in [7, 11) is 0. The molecule has 0 aliphatic heterocycles. The average molecular weight is 376 g/mol. The maximum atomic E-state index is 13.0. The van der Waals surface area contributed by atoms with Crippen LogP contribution in [0.15, 0.2) is 70.7 Å². The molecule has 6 heteroatoms. The van der Waals surface area contributed by atoms with Gasteiger partial charge in [0.15, 0.2) is 0 Å². The maximum absolute atomic E-state index is 13.0. The van der Waals surface area contributed by atoms with Crippen molar-refractivity contribution in [3.05, 3.63) is 77.8 Å². The Balaban J connectivity index is 1.73. The summed E-state index contributed by atoms with van der Waals surface area (Å²) in [5.41, 5.74) is 1.13. The second-order valence-corrected chi connectivity index (χ2v) is 5.79. The fourth-order valence-electron chi connectivity index (χ4n) is 2.49. The fraction of sp³-hybridized carbons (Fsp3) is 0.0909. The van der Waals surface area contributed by atoms with Crippen LogP contribution in [0.1, 0.15) is 12.7 Å². The smallest absolute Gasteiger partial charge is 0.266 e. The van der Waals surface area contributed by atoms with E-state index >= 15 is 0 Å². The van der Waals surface area contributed by atoms with Gasteiger partial charge in [0, 0.05) is 17.3 Å². The van der Waals surface area contributed by atoms with Crippen molar-refractivity contribution in [1.29, 1.82) is 5.26 Å². The molecule has 0 aliphatic carbocycles. The predicted octanol–water partition coefficient (Wildman–Crippen LogP) is 5.03. The number of halogens is 1. The molecule has 1 amide bonds. The first-order chi connectivity index (χ1) is 13.6. The number of benzene rings is 2. The summed E-state index contributed by atoms with van der Waals surface area (Å²) in [6.45, 7) is 2.44. The Morgan fingerprint density at radius 1 is 1.14 bits per heavy atom. The van der Waals surface area contributed by atoms with Gasteiger partial charge >= 0.3 is 0 Å². The number of nitriles is 1. The zero-order valence-corrected chi connectivity index (χ0v) is 15.1. The first-order valence-corrected chi connectivity index (χ1v) is 8.61. The van der Waals surface area contributed by atoms with E-state index in [1.54, 1.807) is 48.5 Å². The van der Waals surface area contributed by atoms with Gasteiger partial charge in [-0.3, -0.25) is 4.79 Å². The third-order valence-electron chi connectivity index (χ3n) is 3.83. The van der Waals surface area contributed by atoms with Crippen molar-refractivity contribution >= 4 is 17.7 Å². The van der Waals surface area contributed by atoms with Crippen molar-refractivity contribution < 1.29 is 18.3 Å². The zero-order valence-electron chi connectivity index (χ0n) is 15.1. The number of hydrogen-bond donors (Lipinski definition) is 1. The van der Waals surface area contributed by atoms with Crippen LogP contribution in [0.4, 0.5) is 10.1 Å². The minimum Gasteiger partial charge on any atom is -0.494 e. The summed E-state index contributed by atoms with van der Waals surface area (Å²) in [6, 6.07) is 17.9. The molecule has 0 bridgehead atoms. The van der Waals surface area contributed by atoms with Gasteiger partial charge in [-0.15, -0.1) is 0 Å². The van der Waals surface area contributed by atoms with Crippen LogP contribution < -0.4 is 10.1 Å². The number of ether oxygens (including phenoxy) is 1. The number of nitrogens with one attached hydrogen (secondary N) is 1. The minimum atomic E-state index is -0.550. The SMILES string of the molecule is CCOc1ccc(NC(=O)/C(C#N)=C/c2ccc(-c3ccc(F)cc3)o2)cc1.